The zero-order valence-corrected chi connectivity index (χ0v) is 13.0. The van der Waals surface area contributed by atoms with Gasteiger partial charge in [0.25, 0.3) is 5.88 Å². The first-order valence-electron chi connectivity index (χ1n) is 7.43. The number of ether oxygens (including phenoxy) is 1. The van der Waals surface area contributed by atoms with Crippen molar-refractivity contribution in [2.75, 3.05) is 0 Å². The molecule has 0 fully saturated rings. The molecule has 1 aromatic heterocycles. The smallest absolute Gasteiger partial charge is 0.344 e. The summed E-state index contributed by atoms with van der Waals surface area (Å²) in [7, 11) is 0. The molecule has 0 aliphatic heterocycles. The summed E-state index contributed by atoms with van der Waals surface area (Å²) >= 11 is 0. The lowest BCUT2D eigenvalue weighted by atomic mass is 10.0. The van der Waals surface area contributed by atoms with E-state index in [-0.39, 0.29) is 5.88 Å². The van der Waals surface area contributed by atoms with Crippen LogP contribution >= 0.6 is 0 Å². The third-order valence-electron chi connectivity index (χ3n) is 3.50. The predicted molar refractivity (Wildman–Crippen MR) is 86.8 cm³/mol. The number of hydrogen-bond donors (Lipinski definition) is 0. The number of carbonyl (C=O) groups is 1. The number of rotatable bonds is 4. The molecule has 0 unspecified atom stereocenters. The minimum absolute atomic E-state index is 0.173. The van der Waals surface area contributed by atoms with Crippen LogP contribution in [0.15, 0.2) is 60.8 Å². The lowest BCUT2D eigenvalue weighted by molar-refractivity contribution is 0.0727. The third-order valence-corrected chi connectivity index (χ3v) is 3.50. The Morgan fingerprint density at radius 1 is 1.04 bits per heavy atom. The Labute approximate surface area is 134 Å². The van der Waals surface area contributed by atoms with Gasteiger partial charge in [-0.15, -0.1) is 0 Å². The SMILES string of the molecule is CC(C)c1ccc(-n2cc(OC(=O)c3ccccc3)nn2)cc1. The van der Waals surface area contributed by atoms with E-state index in [0.717, 1.165) is 5.69 Å². The molecule has 2 aromatic carbocycles. The number of aromatic nitrogens is 3. The zero-order chi connectivity index (χ0) is 16.2. The quantitative estimate of drug-likeness (QED) is 0.691. The van der Waals surface area contributed by atoms with Gasteiger partial charge < -0.3 is 4.74 Å². The molecule has 0 aliphatic rings. The zero-order valence-electron chi connectivity index (χ0n) is 13.0. The number of benzene rings is 2. The van der Waals surface area contributed by atoms with Gasteiger partial charge in [0.15, 0.2) is 0 Å². The van der Waals surface area contributed by atoms with Crippen LogP contribution in [0.3, 0.4) is 0 Å². The fraction of sp³-hybridized carbons (Fsp3) is 0.167. The van der Waals surface area contributed by atoms with Crippen molar-refractivity contribution < 1.29 is 9.53 Å². The minimum atomic E-state index is -0.451. The van der Waals surface area contributed by atoms with Crippen molar-refractivity contribution in [1.82, 2.24) is 15.0 Å². The van der Waals surface area contributed by atoms with E-state index in [0.29, 0.717) is 11.5 Å². The van der Waals surface area contributed by atoms with Crippen molar-refractivity contribution in [1.29, 1.82) is 0 Å². The molecule has 0 atom stereocenters. The third kappa shape index (κ3) is 3.45. The summed E-state index contributed by atoms with van der Waals surface area (Å²) in [5.41, 5.74) is 2.59. The summed E-state index contributed by atoms with van der Waals surface area (Å²) in [4.78, 5) is 12.0. The predicted octanol–water partition coefficient (Wildman–Crippen LogP) is 3.61. The first-order chi connectivity index (χ1) is 11.1. The summed E-state index contributed by atoms with van der Waals surface area (Å²) < 4.78 is 6.81. The van der Waals surface area contributed by atoms with E-state index in [1.807, 2.05) is 18.2 Å². The number of esters is 1. The molecule has 5 nitrogen and oxygen atoms in total. The Morgan fingerprint density at radius 3 is 2.39 bits per heavy atom. The van der Waals surface area contributed by atoms with E-state index >= 15 is 0 Å². The maximum Gasteiger partial charge on any atom is 0.344 e. The fourth-order valence-electron chi connectivity index (χ4n) is 2.16. The summed E-state index contributed by atoms with van der Waals surface area (Å²) in [6.07, 6.45) is 1.59. The second-order valence-electron chi connectivity index (χ2n) is 5.50. The van der Waals surface area contributed by atoms with Crippen LogP contribution in [-0.2, 0) is 0 Å². The van der Waals surface area contributed by atoms with Crippen LogP contribution in [-0.4, -0.2) is 21.0 Å². The summed E-state index contributed by atoms with van der Waals surface area (Å²) in [5, 5.41) is 7.88. The fourth-order valence-corrected chi connectivity index (χ4v) is 2.16. The first-order valence-corrected chi connectivity index (χ1v) is 7.43. The maximum absolute atomic E-state index is 12.0. The van der Waals surface area contributed by atoms with Crippen LogP contribution in [0, 0.1) is 0 Å². The van der Waals surface area contributed by atoms with Crippen LogP contribution in [0.2, 0.25) is 0 Å². The molecule has 116 valence electrons. The molecule has 23 heavy (non-hydrogen) atoms. The highest BCUT2D eigenvalue weighted by Gasteiger charge is 2.11. The summed E-state index contributed by atoms with van der Waals surface area (Å²) in [6.45, 7) is 4.29. The molecule has 1 heterocycles. The Kier molecular flexibility index (Phi) is 4.19. The van der Waals surface area contributed by atoms with Crippen LogP contribution < -0.4 is 4.74 Å². The molecule has 3 aromatic rings. The molecule has 0 saturated heterocycles. The Morgan fingerprint density at radius 2 is 1.74 bits per heavy atom. The van der Waals surface area contributed by atoms with Crippen LogP contribution in [0.1, 0.15) is 35.7 Å². The van der Waals surface area contributed by atoms with Gasteiger partial charge in [-0.2, -0.15) is 0 Å². The van der Waals surface area contributed by atoms with Crippen molar-refractivity contribution in [2.24, 2.45) is 0 Å². The molecule has 0 N–H and O–H groups in total. The summed E-state index contributed by atoms with van der Waals surface area (Å²) in [6, 6.07) is 16.8. The molecular weight excluding hydrogens is 290 g/mol. The molecule has 5 heteroatoms. The molecule has 0 saturated carbocycles. The van der Waals surface area contributed by atoms with Gasteiger partial charge in [0, 0.05) is 0 Å². The molecule has 0 aliphatic carbocycles. The Bertz CT molecular complexity index is 793. The standard InChI is InChI=1S/C18H17N3O2/c1-13(2)14-8-10-16(11-9-14)21-12-17(19-20-21)23-18(22)15-6-4-3-5-7-15/h3-13H,1-2H3. The second kappa shape index (κ2) is 6.44. The van der Waals surface area contributed by atoms with Gasteiger partial charge in [-0.05, 0) is 35.7 Å². The average molecular weight is 307 g/mol. The molecule has 0 amide bonds. The molecule has 0 radical (unpaired) electrons. The molecule has 3 rings (SSSR count). The van der Waals surface area contributed by atoms with Crippen LogP contribution in [0.5, 0.6) is 5.88 Å². The van der Waals surface area contributed by atoms with E-state index in [4.69, 9.17) is 4.74 Å². The molecular formula is C18H17N3O2. The van der Waals surface area contributed by atoms with Gasteiger partial charge in [-0.25, -0.2) is 9.48 Å². The average Bonchev–Trinajstić information content (AvgIpc) is 3.04. The highest BCUT2D eigenvalue weighted by Crippen LogP contribution is 2.17. The van der Waals surface area contributed by atoms with Crippen molar-refractivity contribution in [3.05, 3.63) is 71.9 Å². The molecule has 0 spiro atoms. The highest BCUT2D eigenvalue weighted by molar-refractivity contribution is 5.90. The second-order valence-corrected chi connectivity index (χ2v) is 5.50. The van der Waals surface area contributed by atoms with Gasteiger partial charge in [0.2, 0.25) is 0 Å². The van der Waals surface area contributed by atoms with Gasteiger partial charge in [-0.3, -0.25) is 0 Å². The van der Waals surface area contributed by atoms with Crippen molar-refractivity contribution in [2.45, 2.75) is 19.8 Å². The lowest BCUT2D eigenvalue weighted by Gasteiger charge is -2.06. The van der Waals surface area contributed by atoms with E-state index in [2.05, 4.69) is 36.3 Å². The van der Waals surface area contributed by atoms with Gasteiger partial charge >= 0.3 is 5.97 Å². The first kappa shape index (κ1) is 15.0. The van der Waals surface area contributed by atoms with Crippen molar-refractivity contribution in [3.63, 3.8) is 0 Å². The van der Waals surface area contributed by atoms with E-state index < -0.39 is 5.97 Å². The number of nitrogens with zero attached hydrogens (tertiary/aromatic N) is 3. The summed E-state index contributed by atoms with van der Waals surface area (Å²) in [5.74, 6) is 0.196. The highest BCUT2D eigenvalue weighted by atomic mass is 16.5. The van der Waals surface area contributed by atoms with E-state index in [1.165, 1.54) is 5.56 Å². The maximum atomic E-state index is 12.0. The van der Waals surface area contributed by atoms with Crippen LogP contribution in [0.4, 0.5) is 0 Å². The van der Waals surface area contributed by atoms with Crippen molar-refractivity contribution >= 4 is 5.97 Å². The van der Waals surface area contributed by atoms with Crippen molar-refractivity contribution in [3.8, 4) is 11.6 Å². The van der Waals surface area contributed by atoms with Gasteiger partial charge in [-0.1, -0.05) is 54.5 Å². The molecule has 0 bridgehead atoms. The topological polar surface area (TPSA) is 57.0 Å². The van der Waals surface area contributed by atoms with E-state index in [9.17, 15) is 4.79 Å². The van der Waals surface area contributed by atoms with E-state index in [1.54, 1.807) is 35.1 Å². The number of carbonyl (C=O) groups excluding carboxylic acids is 1. The Hall–Kier alpha value is -2.95. The van der Waals surface area contributed by atoms with Gasteiger partial charge in [0.05, 0.1) is 17.4 Å². The minimum Gasteiger partial charge on any atom is -0.400 e. The normalized spacial score (nSPS) is 10.7. The lowest BCUT2D eigenvalue weighted by Crippen LogP contribution is -2.08. The Balaban J connectivity index is 1.74. The van der Waals surface area contributed by atoms with Crippen LogP contribution in [0.25, 0.3) is 5.69 Å². The largest absolute Gasteiger partial charge is 0.400 e. The number of hydrogen-bond acceptors (Lipinski definition) is 4. The monoisotopic (exact) mass is 307 g/mol. The van der Waals surface area contributed by atoms with Gasteiger partial charge in [0.1, 0.15) is 0 Å².